The molecule has 0 amide bonds. The lowest BCUT2D eigenvalue weighted by Gasteiger charge is -2.09. The van der Waals surface area contributed by atoms with Gasteiger partial charge in [0.2, 0.25) is 0 Å². The fraction of sp³-hybridized carbons (Fsp3) is 0.0714. The van der Waals surface area contributed by atoms with Crippen molar-refractivity contribution in [3.63, 3.8) is 0 Å². The molecule has 2 rings (SSSR count). The molecule has 1 aromatic heterocycles. The summed E-state index contributed by atoms with van der Waals surface area (Å²) in [6.45, 7) is 0. The Labute approximate surface area is 123 Å². The number of Topliss-reactive ketones (excluding diaryl/α,β-unsaturated/α-hetero) is 1. The minimum atomic E-state index is -0.901. The van der Waals surface area contributed by atoms with E-state index < -0.39 is 11.7 Å². The molecule has 0 N–H and O–H groups in total. The van der Waals surface area contributed by atoms with E-state index in [0.717, 1.165) is 0 Å². The van der Waals surface area contributed by atoms with E-state index in [-0.39, 0.29) is 5.78 Å². The third-order valence-electron chi connectivity index (χ3n) is 2.63. The van der Waals surface area contributed by atoms with E-state index >= 15 is 0 Å². The average molecular weight is 366 g/mol. The standard InChI is InChI=1S/C14H8FIN2O/c15-10-1-2-11(13(16)7-10)14(19)12(8-17)9-3-5-18-6-4-9/h1-7,12H. The molecule has 1 aromatic carbocycles. The summed E-state index contributed by atoms with van der Waals surface area (Å²) in [5.41, 5.74) is 0.938. The maximum absolute atomic E-state index is 13.0. The normalized spacial score (nSPS) is 11.6. The van der Waals surface area contributed by atoms with Crippen molar-refractivity contribution in [1.82, 2.24) is 4.98 Å². The monoisotopic (exact) mass is 366 g/mol. The Balaban J connectivity index is 2.40. The van der Waals surface area contributed by atoms with Crippen molar-refractivity contribution in [1.29, 1.82) is 5.26 Å². The lowest BCUT2D eigenvalue weighted by atomic mass is 9.92. The van der Waals surface area contributed by atoms with Gasteiger partial charge in [0, 0.05) is 21.5 Å². The minimum Gasteiger partial charge on any atom is -0.292 e. The molecule has 94 valence electrons. The lowest BCUT2D eigenvalue weighted by molar-refractivity contribution is 0.0978. The summed E-state index contributed by atoms with van der Waals surface area (Å²) in [6, 6.07) is 9.14. The van der Waals surface area contributed by atoms with E-state index in [9.17, 15) is 14.4 Å². The van der Waals surface area contributed by atoms with Gasteiger partial charge in [0.15, 0.2) is 5.78 Å². The van der Waals surface area contributed by atoms with Gasteiger partial charge in [0.05, 0.1) is 6.07 Å². The van der Waals surface area contributed by atoms with Gasteiger partial charge in [-0.1, -0.05) is 0 Å². The van der Waals surface area contributed by atoms with Gasteiger partial charge in [0.25, 0.3) is 0 Å². The second-order valence-corrected chi connectivity index (χ2v) is 4.99. The number of hydrogen-bond donors (Lipinski definition) is 0. The Morgan fingerprint density at radius 3 is 2.58 bits per heavy atom. The summed E-state index contributed by atoms with van der Waals surface area (Å²) in [5, 5.41) is 9.19. The van der Waals surface area contributed by atoms with Gasteiger partial charge in [-0.3, -0.25) is 9.78 Å². The van der Waals surface area contributed by atoms with Gasteiger partial charge in [-0.15, -0.1) is 0 Å². The van der Waals surface area contributed by atoms with Crippen molar-refractivity contribution >= 4 is 28.4 Å². The summed E-state index contributed by atoms with van der Waals surface area (Å²) in [4.78, 5) is 16.2. The summed E-state index contributed by atoms with van der Waals surface area (Å²) >= 11 is 1.89. The summed E-state index contributed by atoms with van der Waals surface area (Å²) in [6.07, 6.45) is 3.06. The van der Waals surface area contributed by atoms with Crippen molar-refractivity contribution < 1.29 is 9.18 Å². The third kappa shape index (κ3) is 2.96. The minimum absolute atomic E-state index is 0.335. The number of pyridine rings is 1. The van der Waals surface area contributed by atoms with Crippen molar-refractivity contribution in [2.24, 2.45) is 0 Å². The number of rotatable bonds is 3. The smallest absolute Gasteiger partial charge is 0.185 e. The maximum Gasteiger partial charge on any atom is 0.185 e. The van der Waals surface area contributed by atoms with Crippen LogP contribution in [0.5, 0.6) is 0 Å². The van der Waals surface area contributed by atoms with Gasteiger partial charge in [-0.2, -0.15) is 5.26 Å². The predicted octanol–water partition coefficient (Wildman–Crippen LogP) is 3.32. The topological polar surface area (TPSA) is 53.8 Å². The molecule has 19 heavy (non-hydrogen) atoms. The van der Waals surface area contributed by atoms with E-state index in [0.29, 0.717) is 14.7 Å². The van der Waals surface area contributed by atoms with Crippen LogP contribution in [0, 0.1) is 20.7 Å². The van der Waals surface area contributed by atoms with E-state index in [1.54, 1.807) is 12.1 Å². The largest absolute Gasteiger partial charge is 0.292 e. The number of aromatic nitrogens is 1. The van der Waals surface area contributed by atoms with Gasteiger partial charge in [-0.25, -0.2) is 4.39 Å². The van der Waals surface area contributed by atoms with Crippen LogP contribution in [0.4, 0.5) is 4.39 Å². The molecule has 1 atom stereocenters. The third-order valence-corrected chi connectivity index (χ3v) is 3.52. The van der Waals surface area contributed by atoms with Crippen molar-refractivity contribution in [3.05, 3.63) is 63.2 Å². The van der Waals surface area contributed by atoms with Crippen LogP contribution in [0.15, 0.2) is 42.7 Å². The van der Waals surface area contributed by atoms with Crippen molar-refractivity contribution in [2.45, 2.75) is 5.92 Å². The highest BCUT2D eigenvalue weighted by atomic mass is 127. The Morgan fingerprint density at radius 1 is 1.32 bits per heavy atom. The number of carbonyl (C=O) groups is 1. The molecule has 0 bridgehead atoms. The molecule has 1 heterocycles. The van der Waals surface area contributed by atoms with Crippen LogP contribution >= 0.6 is 22.6 Å². The zero-order chi connectivity index (χ0) is 13.8. The Morgan fingerprint density at radius 2 is 2.00 bits per heavy atom. The number of nitrogens with zero attached hydrogens (tertiary/aromatic N) is 2. The Hall–Kier alpha value is -1.81. The number of nitriles is 1. The van der Waals surface area contributed by atoms with E-state index in [1.165, 1.54) is 30.6 Å². The van der Waals surface area contributed by atoms with Gasteiger partial charge in [-0.05, 0) is 58.5 Å². The van der Waals surface area contributed by atoms with Crippen LogP contribution in [0.2, 0.25) is 0 Å². The first-order valence-corrected chi connectivity index (χ1v) is 6.50. The van der Waals surface area contributed by atoms with Crippen LogP contribution in [0.1, 0.15) is 21.8 Å². The molecule has 0 saturated carbocycles. The number of halogens is 2. The number of ketones is 1. The molecule has 2 aromatic rings. The SMILES string of the molecule is N#CC(C(=O)c1ccc(F)cc1I)c1ccncc1. The molecule has 0 spiro atoms. The van der Waals surface area contributed by atoms with Crippen LogP contribution in [0.25, 0.3) is 0 Å². The summed E-state index contributed by atoms with van der Waals surface area (Å²) in [7, 11) is 0. The number of carbonyl (C=O) groups excluding carboxylic acids is 1. The van der Waals surface area contributed by atoms with Gasteiger partial charge >= 0.3 is 0 Å². The first-order valence-electron chi connectivity index (χ1n) is 5.42. The molecule has 3 nitrogen and oxygen atoms in total. The highest BCUT2D eigenvalue weighted by Crippen LogP contribution is 2.23. The first kappa shape index (κ1) is 13.6. The average Bonchev–Trinajstić information content (AvgIpc) is 2.40. The molecule has 1 unspecified atom stereocenters. The fourth-order valence-corrected chi connectivity index (χ4v) is 2.43. The number of hydrogen-bond acceptors (Lipinski definition) is 3. The van der Waals surface area contributed by atoms with Gasteiger partial charge in [0.1, 0.15) is 11.7 Å². The van der Waals surface area contributed by atoms with Crippen molar-refractivity contribution in [3.8, 4) is 6.07 Å². The lowest BCUT2D eigenvalue weighted by Crippen LogP contribution is -2.13. The molecule has 0 saturated heterocycles. The molecule has 0 aliphatic carbocycles. The van der Waals surface area contributed by atoms with Crippen LogP contribution < -0.4 is 0 Å². The zero-order valence-corrected chi connectivity index (χ0v) is 11.8. The van der Waals surface area contributed by atoms with Crippen LogP contribution in [-0.2, 0) is 0 Å². The van der Waals surface area contributed by atoms with E-state index in [2.05, 4.69) is 4.98 Å². The molecular weight excluding hydrogens is 358 g/mol. The molecule has 0 fully saturated rings. The molecular formula is C14H8FIN2O. The highest BCUT2D eigenvalue weighted by molar-refractivity contribution is 14.1. The van der Waals surface area contributed by atoms with Crippen LogP contribution in [0.3, 0.4) is 0 Å². The van der Waals surface area contributed by atoms with E-state index in [1.807, 2.05) is 28.7 Å². The van der Waals surface area contributed by atoms with Crippen LogP contribution in [-0.4, -0.2) is 10.8 Å². The summed E-state index contributed by atoms with van der Waals surface area (Å²) in [5.74, 6) is -1.64. The Bertz CT molecular complexity index is 652. The zero-order valence-electron chi connectivity index (χ0n) is 9.68. The highest BCUT2D eigenvalue weighted by Gasteiger charge is 2.23. The predicted molar refractivity (Wildman–Crippen MR) is 76.0 cm³/mol. The maximum atomic E-state index is 13.0. The fourth-order valence-electron chi connectivity index (χ4n) is 1.69. The Kier molecular flexibility index (Phi) is 4.22. The molecule has 0 radical (unpaired) electrons. The molecule has 0 aliphatic heterocycles. The molecule has 0 aliphatic rings. The van der Waals surface area contributed by atoms with E-state index in [4.69, 9.17) is 0 Å². The second-order valence-electron chi connectivity index (χ2n) is 3.83. The first-order chi connectivity index (χ1) is 9.13. The second kappa shape index (κ2) is 5.89. The van der Waals surface area contributed by atoms with Gasteiger partial charge < -0.3 is 0 Å². The number of benzene rings is 1. The molecule has 5 heteroatoms. The quantitative estimate of drug-likeness (QED) is 0.619. The summed E-state index contributed by atoms with van der Waals surface area (Å²) < 4.78 is 13.5. The van der Waals surface area contributed by atoms with Crippen molar-refractivity contribution in [2.75, 3.05) is 0 Å².